The Morgan fingerprint density at radius 1 is 1.35 bits per heavy atom. The van der Waals surface area contributed by atoms with Crippen LogP contribution in [0.2, 0.25) is 0 Å². The Balaban J connectivity index is 2.13. The molecule has 0 unspecified atom stereocenters. The Morgan fingerprint density at radius 2 is 2.08 bits per heavy atom. The van der Waals surface area contributed by atoms with Gasteiger partial charge in [-0.05, 0) is 17.7 Å². The average molecular weight is 377 g/mol. The summed E-state index contributed by atoms with van der Waals surface area (Å²) in [5.41, 5.74) is 12.8. The molecule has 0 fully saturated rings. The summed E-state index contributed by atoms with van der Waals surface area (Å²) >= 11 is 0. The van der Waals surface area contributed by atoms with Crippen LogP contribution in [0.15, 0.2) is 42.9 Å². The van der Waals surface area contributed by atoms with Gasteiger partial charge < -0.3 is 31.9 Å². The van der Waals surface area contributed by atoms with Crippen LogP contribution in [0.5, 0.6) is 0 Å². The van der Waals surface area contributed by atoms with Crippen LogP contribution in [0.25, 0.3) is 0 Å². The summed E-state index contributed by atoms with van der Waals surface area (Å²) in [5.74, 6) is 0.110. The van der Waals surface area contributed by atoms with Crippen LogP contribution in [-0.4, -0.2) is 25.6 Å². The van der Waals surface area contributed by atoms with Crippen LogP contribution in [0.1, 0.15) is 17.0 Å². The molecule has 138 valence electrons. The number of nitrogen functional groups attached to an aromatic ring is 1. The molecule has 0 saturated carbocycles. The minimum atomic E-state index is -4.13. The topological polar surface area (TPSA) is 183 Å². The van der Waals surface area contributed by atoms with Gasteiger partial charge in [0.2, 0.25) is 0 Å². The van der Waals surface area contributed by atoms with Crippen molar-refractivity contribution in [2.45, 2.75) is 12.7 Å². The summed E-state index contributed by atoms with van der Waals surface area (Å²) in [7, 11) is -4.13. The quantitative estimate of drug-likeness (QED) is 0.199. The van der Waals surface area contributed by atoms with E-state index in [0.717, 1.165) is 0 Å². The lowest BCUT2D eigenvalue weighted by atomic mass is 10.2. The number of nitrogens with one attached hydrogen (secondary N) is 3. The first-order chi connectivity index (χ1) is 12.1. The molecule has 10 nitrogen and oxygen atoms in total. The van der Waals surface area contributed by atoms with Gasteiger partial charge in [0.1, 0.15) is 11.5 Å². The molecule has 1 aromatic heterocycles. The number of aromatic nitrogens is 2. The van der Waals surface area contributed by atoms with Crippen LogP contribution in [-0.2, 0) is 17.3 Å². The maximum atomic E-state index is 11.1. The van der Waals surface area contributed by atoms with E-state index in [1.54, 1.807) is 24.3 Å². The number of nitrogens with two attached hydrogens (primary N) is 2. The molecule has 11 heteroatoms. The molecule has 2 aromatic rings. The highest BCUT2D eigenvalue weighted by atomic mass is 31.2. The Kier molecular flexibility index (Phi) is 5.93. The van der Waals surface area contributed by atoms with Crippen LogP contribution < -0.4 is 22.1 Å². The van der Waals surface area contributed by atoms with Crippen molar-refractivity contribution in [1.82, 2.24) is 9.97 Å². The molecule has 0 saturated heterocycles. The van der Waals surface area contributed by atoms with Gasteiger partial charge in [-0.3, -0.25) is 9.97 Å². The third-order valence-electron chi connectivity index (χ3n) is 3.15. The number of hydrogen-bond donors (Lipinski definition) is 7. The molecule has 2 rings (SSSR count). The van der Waals surface area contributed by atoms with Crippen LogP contribution in [0.3, 0.4) is 0 Å². The summed E-state index contributed by atoms with van der Waals surface area (Å²) in [6, 6.07) is 6.74. The molecule has 0 aliphatic carbocycles. The summed E-state index contributed by atoms with van der Waals surface area (Å²) in [6.07, 6.45) is 1.16. The van der Waals surface area contributed by atoms with Crippen LogP contribution >= 0.6 is 7.60 Å². The first-order valence-corrected chi connectivity index (χ1v) is 9.23. The van der Waals surface area contributed by atoms with E-state index in [-0.39, 0.29) is 35.9 Å². The van der Waals surface area contributed by atoms with Gasteiger partial charge in [-0.1, -0.05) is 18.7 Å². The molecular weight excluding hydrogens is 357 g/mol. The van der Waals surface area contributed by atoms with Gasteiger partial charge in [-0.15, -0.1) is 0 Å². The van der Waals surface area contributed by atoms with Gasteiger partial charge in [0.15, 0.2) is 5.82 Å². The molecule has 9 N–H and O–H groups in total. The second kappa shape index (κ2) is 7.96. The first kappa shape index (κ1) is 19.4. The van der Waals surface area contributed by atoms with Crippen molar-refractivity contribution < 1.29 is 14.4 Å². The van der Waals surface area contributed by atoms with Gasteiger partial charge in [0, 0.05) is 5.69 Å². The van der Waals surface area contributed by atoms with E-state index in [1.165, 1.54) is 6.20 Å². The van der Waals surface area contributed by atoms with Crippen molar-refractivity contribution in [3.63, 3.8) is 0 Å². The number of rotatable bonds is 8. The summed E-state index contributed by atoms with van der Waals surface area (Å²) in [6.45, 7) is 3.78. The average Bonchev–Trinajstić information content (AvgIpc) is 2.52. The minimum Gasteiger partial charge on any atom is -0.386 e. The van der Waals surface area contributed by atoms with E-state index in [9.17, 15) is 4.57 Å². The molecular formula is C15H20N7O3P. The Morgan fingerprint density at radius 3 is 2.69 bits per heavy atom. The van der Waals surface area contributed by atoms with Crippen molar-refractivity contribution in [1.29, 1.82) is 5.41 Å². The van der Waals surface area contributed by atoms with Crippen LogP contribution in [0, 0.1) is 5.41 Å². The maximum absolute atomic E-state index is 11.1. The Hall–Kier alpha value is -2.94. The molecule has 0 aliphatic heterocycles. The molecule has 1 aromatic carbocycles. The fraction of sp³-hybridized carbons (Fsp3) is 0.133. The van der Waals surface area contributed by atoms with Gasteiger partial charge in [-0.25, -0.2) is 9.97 Å². The van der Waals surface area contributed by atoms with Crippen LogP contribution in [0.4, 0.5) is 11.5 Å². The second-order valence-electron chi connectivity index (χ2n) is 5.50. The smallest absolute Gasteiger partial charge is 0.329 e. The number of anilines is 2. The normalized spacial score (nSPS) is 11.0. The molecule has 0 bridgehead atoms. The third-order valence-corrected chi connectivity index (χ3v) is 3.92. The lowest BCUT2D eigenvalue weighted by molar-refractivity contribution is 0.372. The third kappa shape index (κ3) is 5.85. The molecule has 26 heavy (non-hydrogen) atoms. The molecule has 0 aliphatic rings. The maximum Gasteiger partial charge on any atom is 0.329 e. The zero-order valence-corrected chi connectivity index (χ0v) is 14.7. The van der Waals surface area contributed by atoms with E-state index in [4.69, 9.17) is 26.7 Å². The van der Waals surface area contributed by atoms with Crippen molar-refractivity contribution in [3.8, 4) is 0 Å². The fourth-order valence-corrected chi connectivity index (χ4v) is 2.82. The van der Waals surface area contributed by atoms with E-state index in [1.807, 2.05) is 0 Å². The highest BCUT2D eigenvalue weighted by Crippen LogP contribution is 2.39. The SMILES string of the molecule is C=C(N)Nc1ncc(CNc2cccc(CP(=O)(O)O)c2)nc1C(=N)N. The monoisotopic (exact) mass is 377 g/mol. The second-order valence-corrected chi connectivity index (χ2v) is 7.14. The summed E-state index contributed by atoms with van der Waals surface area (Å²) < 4.78 is 11.1. The van der Waals surface area contributed by atoms with Crippen molar-refractivity contribution in [2.75, 3.05) is 10.6 Å². The number of nitrogens with zero attached hydrogens (tertiary/aromatic N) is 2. The van der Waals surface area contributed by atoms with E-state index in [2.05, 4.69) is 27.2 Å². The fourth-order valence-electron chi connectivity index (χ4n) is 2.15. The highest BCUT2D eigenvalue weighted by Gasteiger charge is 2.14. The zero-order valence-electron chi connectivity index (χ0n) is 13.8. The highest BCUT2D eigenvalue weighted by molar-refractivity contribution is 7.50. The predicted molar refractivity (Wildman–Crippen MR) is 99.5 cm³/mol. The molecule has 0 spiro atoms. The number of amidine groups is 1. The Labute approximate surface area is 150 Å². The minimum absolute atomic E-state index is 0.145. The van der Waals surface area contributed by atoms with Gasteiger partial charge in [-0.2, -0.15) is 0 Å². The standard InChI is InChI=1S/C15H20N7O3P/c1-9(16)21-15-13(14(17)18)22-12(7-20-15)6-19-11-4-2-3-10(5-11)8-26(23,24)25/h2-5,7,19H,1,6,8,16H2,(H3,17,18)(H,20,21)(H2,23,24,25). The van der Waals surface area contributed by atoms with Crippen molar-refractivity contribution in [3.05, 3.63) is 59.8 Å². The predicted octanol–water partition coefficient (Wildman–Crippen LogP) is 0.892. The molecule has 1 heterocycles. The Bertz CT molecular complexity index is 881. The molecule has 0 atom stereocenters. The first-order valence-electron chi connectivity index (χ1n) is 7.43. The van der Waals surface area contributed by atoms with Gasteiger partial charge in [0.25, 0.3) is 0 Å². The van der Waals surface area contributed by atoms with Crippen molar-refractivity contribution in [2.24, 2.45) is 11.5 Å². The largest absolute Gasteiger partial charge is 0.386 e. The van der Waals surface area contributed by atoms with E-state index < -0.39 is 7.60 Å². The van der Waals surface area contributed by atoms with Gasteiger partial charge in [0.05, 0.1) is 30.4 Å². The van der Waals surface area contributed by atoms with E-state index >= 15 is 0 Å². The van der Waals surface area contributed by atoms with Crippen molar-refractivity contribution >= 4 is 24.9 Å². The number of benzene rings is 1. The van der Waals surface area contributed by atoms with E-state index in [0.29, 0.717) is 16.9 Å². The summed E-state index contributed by atoms with van der Waals surface area (Å²) in [5, 5.41) is 13.4. The lowest BCUT2D eigenvalue weighted by Crippen LogP contribution is -2.20. The number of hydrogen-bond acceptors (Lipinski definition) is 7. The molecule has 0 radical (unpaired) electrons. The summed E-state index contributed by atoms with van der Waals surface area (Å²) in [4.78, 5) is 26.5. The molecule has 0 amide bonds. The van der Waals surface area contributed by atoms with Gasteiger partial charge >= 0.3 is 7.60 Å². The zero-order chi connectivity index (χ0) is 19.3. The lowest BCUT2D eigenvalue weighted by Gasteiger charge is -2.12.